The summed E-state index contributed by atoms with van der Waals surface area (Å²) in [6.07, 6.45) is 1.31. The number of halogens is 1. The van der Waals surface area contributed by atoms with Gasteiger partial charge in [0.25, 0.3) is 0 Å². The molecular formula is C20H19ClN2O2S. The molecule has 0 aliphatic carbocycles. The number of fused-ring (bicyclic) bond motifs is 1. The minimum absolute atomic E-state index is 0.0455. The first kappa shape index (κ1) is 17.5. The predicted molar refractivity (Wildman–Crippen MR) is 105 cm³/mol. The fourth-order valence-corrected chi connectivity index (χ4v) is 4.96. The number of carbonyl (C=O) groups is 1. The Morgan fingerprint density at radius 3 is 2.54 bits per heavy atom. The van der Waals surface area contributed by atoms with Crippen molar-refractivity contribution in [3.05, 3.63) is 64.1 Å². The van der Waals surface area contributed by atoms with Crippen LogP contribution in [0.25, 0.3) is 10.2 Å². The van der Waals surface area contributed by atoms with Crippen molar-refractivity contribution in [1.82, 2.24) is 9.88 Å². The first-order valence-corrected chi connectivity index (χ1v) is 9.89. The lowest BCUT2D eigenvalue weighted by molar-refractivity contribution is -0.143. The van der Waals surface area contributed by atoms with Crippen LogP contribution in [0.4, 0.5) is 0 Å². The van der Waals surface area contributed by atoms with Gasteiger partial charge in [0.2, 0.25) is 0 Å². The zero-order valence-corrected chi connectivity index (χ0v) is 15.7. The lowest BCUT2D eigenvalue weighted by Crippen LogP contribution is -2.39. The van der Waals surface area contributed by atoms with Gasteiger partial charge in [0, 0.05) is 5.02 Å². The van der Waals surface area contributed by atoms with Gasteiger partial charge in [-0.1, -0.05) is 41.9 Å². The molecule has 1 N–H and O–H groups in total. The third kappa shape index (κ3) is 3.34. The third-order valence-corrected chi connectivity index (χ3v) is 6.42. The van der Waals surface area contributed by atoms with Crippen molar-refractivity contribution in [2.75, 3.05) is 13.1 Å². The van der Waals surface area contributed by atoms with E-state index < -0.39 is 5.97 Å². The summed E-state index contributed by atoms with van der Waals surface area (Å²) in [4.78, 5) is 18.5. The summed E-state index contributed by atoms with van der Waals surface area (Å²) < 4.78 is 1.15. The van der Waals surface area contributed by atoms with E-state index in [0.29, 0.717) is 12.8 Å². The first-order chi connectivity index (χ1) is 12.6. The minimum atomic E-state index is -0.695. The Balaban J connectivity index is 1.73. The number of para-hydroxylation sites is 1. The number of nitrogens with zero attached hydrogens (tertiary/aromatic N) is 2. The normalized spacial score (nSPS) is 17.4. The van der Waals surface area contributed by atoms with Crippen molar-refractivity contribution in [3.8, 4) is 0 Å². The maximum atomic E-state index is 11.3. The Morgan fingerprint density at radius 2 is 1.85 bits per heavy atom. The Morgan fingerprint density at radius 1 is 1.15 bits per heavy atom. The number of aromatic nitrogens is 1. The topological polar surface area (TPSA) is 53.4 Å². The fourth-order valence-electron chi connectivity index (χ4n) is 3.59. The molecule has 0 saturated carbocycles. The fraction of sp³-hybridized carbons (Fsp3) is 0.300. The molecule has 0 bridgehead atoms. The van der Waals surface area contributed by atoms with Crippen molar-refractivity contribution in [2.45, 2.75) is 18.9 Å². The number of thiazole rings is 1. The molecule has 1 unspecified atom stereocenters. The largest absolute Gasteiger partial charge is 0.481 e. The summed E-state index contributed by atoms with van der Waals surface area (Å²) in [6, 6.07) is 15.9. The second kappa shape index (κ2) is 7.35. The Bertz CT molecular complexity index is 901. The van der Waals surface area contributed by atoms with Crippen LogP contribution >= 0.6 is 22.9 Å². The molecule has 0 radical (unpaired) electrons. The molecular weight excluding hydrogens is 368 g/mol. The molecule has 2 heterocycles. The highest BCUT2D eigenvalue weighted by Crippen LogP contribution is 2.39. The van der Waals surface area contributed by atoms with Crippen LogP contribution in [0, 0.1) is 5.92 Å². The first-order valence-electron chi connectivity index (χ1n) is 8.70. The summed E-state index contributed by atoms with van der Waals surface area (Å²) in [6.45, 7) is 1.45. The molecule has 4 nitrogen and oxygen atoms in total. The SMILES string of the molecule is O=C(O)C1CCN(C(c2nc3ccccc3s2)c2ccccc2Cl)CC1. The number of hydrogen-bond acceptors (Lipinski definition) is 4. The quantitative estimate of drug-likeness (QED) is 0.697. The summed E-state index contributed by atoms with van der Waals surface area (Å²) >= 11 is 8.20. The molecule has 134 valence electrons. The molecule has 2 aromatic carbocycles. The lowest BCUT2D eigenvalue weighted by Gasteiger charge is -2.36. The van der Waals surface area contributed by atoms with Crippen LogP contribution in [-0.2, 0) is 4.79 Å². The maximum absolute atomic E-state index is 11.3. The van der Waals surface area contributed by atoms with E-state index >= 15 is 0 Å². The Hall–Kier alpha value is -1.95. The van der Waals surface area contributed by atoms with Crippen molar-refractivity contribution in [3.63, 3.8) is 0 Å². The van der Waals surface area contributed by atoms with E-state index in [9.17, 15) is 9.90 Å². The summed E-state index contributed by atoms with van der Waals surface area (Å²) in [7, 11) is 0. The van der Waals surface area contributed by atoms with Gasteiger partial charge in [-0.05, 0) is 49.7 Å². The van der Waals surface area contributed by atoms with E-state index in [1.165, 1.54) is 0 Å². The van der Waals surface area contributed by atoms with Crippen molar-refractivity contribution in [1.29, 1.82) is 0 Å². The standard InChI is InChI=1S/C20H19ClN2O2S/c21-15-6-2-1-5-14(15)18(23-11-9-13(10-12-23)20(24)25)19-22-16-7-3-4-8-17(16)26-19/h1-8,13,18H,9-12H2,(H,24,25). The number of aliphatic carboxylic acids is 1. The number of carboxylic acids is 1. The number of carboxylic acid groups (broad SMARTS) is 1. The molecule has 3 aromatic rings. The average molecular weight is 387 g/mol. The highest BCUT2D eigenvalue weighted by Gasteiger charge is 2.32. The summed E-state index contributed by atoms with van der Waals surface area (Å²) in [5.41, 5.74) is 2.02. The van der Waals surface area contributed by atoms with Crippen LogP contribution in [-0.4, -0.2) is 34.0 Å². The van der Waals surface area contributed by atoms with E-state index in [2.05, 4.69) is 11.0 Å². The number of hydrogen-bond donors (Lipinski definition) is 1. The van der Waals surface area contributed by atoms with E-state index in [-0.39, 0.29) is 12.0 Å². The molecule has 0 amide bonds. The van der Waals surface area contributed by atoms with Gasteiger partial charge in [-0.15, -0.1) is 11.3 Å². The van der Waals surface area contributed by atoms with Crippen LogP contribution in [0.1, 0.15) is 29.5 Å². The molecule has 26 heavy (non-hydrogen) atoms. The lowest BCUT2D eigenvalue weighted by atomic mass is 9.94. The Kier molecular flexibility index (Phi) is 4.94. The number of rotatable bonds is 4. The molecule has 6 heteroatoms. The number of likely N-dealkylation sites (tertiary alicyclic amines) is 1. The zero-order chi connectivity index (χ0) is 18.1. The van der Waals surface area contributed by atoms with Crippen LogP contribution < -0.4 is 0 Å². The van der Waals surface area contributed by atoms with Crippen LogP contribution in [0.3, 0.4) is 0 Å². The molecule has 0 spiro atoms. The number of piperidine rings is 1. The highest BCUT2D eigenvalue weighted by molar-refractivity contribution is 7.18. The second-order valence-electron chi connectivity index (χ2n) is 6.59. The molecule has 1 aromatic heterocycles. The molecule has 1 atom stereocenters. The highest BCUT2D eigenvalue weighted by atomic mass is 35.5. The zero-order valence-electron chi connectivity index (χ0n) is 14.1. The van der Waals surface area contributed by atoms with Crippen molar-refractivity contribution in [2.24, 2.45) is 5.92 Å². The molecule has 4 rings (SSSR count). The summed E-state index contributed by atoms with van der Waals surface area (Å²) in [5, 5.41) is 11.0. The maximum Gasteiger partial charge on any atom is 0.306 e. The van der Waals surface area contributed by atoms with Crippen molar-refractivity contribution >= 4 is 39.1 Å². The number of benzene rings is 2. The smallest absolute Gasteiger partial charge is 0.306 e. The van der Waals surface area contributed by atoms with Gasteiger partial charge in [-0.2, -0.15) is 0 Å². The van der Waals surface area contributed by atoms with Gasteiger partial charge in [0.05, 0.1) is 22.2 Å². The van der Waals surface area contributed by atoms with Crippen LogP contribution in [0.5, 0.6) is 0 Å². The van der Waals surface area contributed by atoms with E-state index in [0.717, 1.165) is 38.9 Å². The molecule has 1 fully saturated rings. The molecule has 1 aliphatic rings. The minimum Gasteiger partial charge on any atom is -0.481 e. The van der Waals surface area contributed by atoms with Gasteiger partial charge >= 0.3 is 5.97 Å². The third-order valence-electron chi connectivity index (χ3n) is 4.99. The van der Waals surface area contributed by atoms with E-state index in [1.807, 2.05) is 42.5 Å². The Labute approximate surface area is 161 Å². The second-order valence-corrected chi connectivity index (χ2v) is 8.06. The van der Waals surface area contributed by atoms with E-state index in [1.54, 1.807) is 11.3 Å². The summed E-state index contributed by atoms with van der Waals surface area (Å²) in [5.74, 6) is -0.951. The molecule has 1 saturated heterocycles. The van der Waals surface area contributed by atoms with Crippen LogP contribution in [0.15, 0.2) is 48.5 Å². The van der Waals surface area contributed by atoms with E-state index in [4.69, 9.17) is 16.6 Å². The van der Waals surface area contributed by atoms with Gasteiger partial charge in [-0.25, -0.2) is 4.98 Å². The predicted octanol–water partition coefficient (Wildman–Crippen LogP) is 4.84. The van der Waals surface area contributed by atoms with Gasteiger partial charge in [0.1, 0.15) is 5.01 Å². The van der Waals surface area contributed by atoms with Crippen LogP contribution in [0.2, 0.25) is 5.02 Å². The van der Waals surface area contributed by atoms with Gasteiger partial charge in [-0.3, -0.25) is 9.69 Å². The van der Waals surface area contributed by atoms with Crippen molar-refractivity contribution < 1.29 is 9.90 Å². The molecule has 1 aliphatic heterocycles. The average Bonchev–Trinajstić information content (AvgIpc) is 3.07. The van der Waals surface area contributed by atoms with Gasteiger partial charge < -0.3 is 5.11 Å². The monoisotopic (exact) mass is 386 g/mol. The van der Waals surface area contributed by atoms with Gasteiger partial charge in [0.15, 0.2) is 0 Å².